The summed E-state index contributed by atoms with van der Waals surface area (Å²) in [5.74, 6) is 4.12. The Labute approximate surface area is 113 Å². The molecule has 2 rings (SSSR count). The normalized spacial score (nSPS) is 11.1. The molecule has 0 N–H and O–H groups in total. The van der Waals surface area contributed by atoms with Gasteiger partial charge in [0, 0.05) is 11.7 Å². The van der Waals surface area contributed by atoms with Crippen molar-refractivity contribution < 1.29 is 4.42 Å². The summed E-state index contributed by atoms with van der Waals surface area (Å²) in [5, 5.41) is 0. The Kier molecular flexibility index (Phi) is 4.48. The Morgan fingerprint density at radius 2 is 1.89 bits per heavy atom. The first kappa shape index (κ1) is 13.2. The van der Waals surface area contributed by atoms with Gasteiger partial charge in [0.05, 0.1) is 11.4 Å². The van der Waals surface area contributed by atoms with Crippen molar-refractivity contribution in [3.05, 3.63) is 53.2 Å². The molecule has 96 valence electrons. The third-order valence-corrected chi connectivity index (χ3v) is 3.75. The van der Waals surface area contributed by atoms with E-state index < -0.39 is 0 Å². The van der Waals surface area contributed by atoms with Gasteiger partial charge in [-0.3, -0.25) is 0 Å². The monoisotopic (exact) mass is 261 g/mol. The molecule has 0 bridgehead atoms. The minimum atomic E-state index is 0.358. The predicted molar refractivity (Wildman–Crippen MR) is 76.8 cm³/mol. The average molecular weight is 261 g/mol. The minimum Gasteiger partial charge on any atom is -0.444 e. The summed E-state index contributed by atoms with van der Waals surface area (Å²) in [6.07, 6.45) is 0. The average Bonchev–Trinajstić information content (AvgIpc) is 2.73. The maximum atomic E-state index is 5.78. The van der Waals surface area contributed by atoms with Crippen molar-refractivity contribution in [2.24, 2.45) is 0 Å². The van der Waals surface area contributed by atoms with Gasteiger partial charge >= 0.3 is 0 Å². The minimum absolute atomic E-state index is 0.358. The van der Waals surface area contributed by atoms with Crippen molar-refractivity contribution in [1.82, 2.24) is 4.98 Å². The molecule has 18 heavy (non-hydrogen) atoms. The lowest BCUT2D eigenvalue weighted by molar-refractivity contribution is 0.447. The molecule has 0 amide bonds. The fraction of sp³-hybridized carbons (Fsp3) is 0.400. The second kappa shape index (κ2) is 6.10. The Bertz CT molecular complexity index is 490. The van der Waals surface area contributed by atoms with E-state index in [-0.39, 0.29) is 0 Å². The third kappa shape index (κ3) is 3.39. The highest BCUT2D eigenvalue weighted by molar-refractivity contribution is 7.97. The van der Waals surface area contributed by atoms with Gasteiger partial charge in [-0.05, 0) is 12.5 Å². The van der Waals surface area contributed by atoms with Crippen molar-refractivity contribution in [2.45, 2.75) is 38.2 Å². The van der Waals surface area contributed by atoms with Crippen LogP contribution in [-0.4, -0.2) is 4.98 Å². The van der Waals surface area contributed by atoms with Crippen LogP contribution in [0.4, 0.5) is 0 Å². The number of aromatic nitrogens is 1. The molecule has 3 heteroatoms. The number of hydrogen-bond donors (Lipinski definition) is 0. The fourth-order valence-electron chi connectivity index (χ4n) is 1.67. The number of hydrogen-bond acceptors (Lipinski definition) is 3. The quantitative estimate of drug-likeness (QED) is 0.790. The van der Waals surface area contributed by atoms with E-state index in [0.29, 0.717) is 5.92 Å². The summed E-state index contributed by atoms with van der Waals surface area (Å²) < 4.78 is 5.78. The van der Waals surface area contributed by atoms with Crippen molar-refractivity contribution in [1.29, 1.82) is 0 Å². The summed E-state index contributed by atoms with van der Waals surface area (Å²) in [4.78, 5) is 4.46. The molecule has 0 spiro atoms. The number of aryl methyl sites for hydroxylation is 1. The first-order valence-electron chi connectivity index (χ1n) is 6.24. The van der Waals surface area contributed by atoms with E-state index in [1.807, 2.05) is 24.8 Å². The van der Waals surface area contributed by atoms with Crippen LogP contribution < -0.4 is 0 Å². The van der Waals surface area contributed by atoms with Crippen LogP contribution >= 0.6 is 11.8 Å². The number of oxazole rings is 1. The Morgan fingerprint density at radius 3 is 2.50 bits per heavy atom. The molecule has 0 unspecified atom stereocenters. The number of thioether (sulfide) groups is 1. The standard InChI is InChI=1S/C15H19NOS/c1-11(2)15-16-12(3)14(17-15)10-18-9-13-7-5-4-6-8-13/h4-8,11H,9-10H2,1-3H3. The number of benzene rings is 1. The van der Waals surface area contributed by atoms with Crippen molar-refractivity contribution in [3.63, 3.8) is 0 Å². The fourth-order valence-corrected chi connectivity index (χ4v) is 2.65. The van der Waals surface area contributed by atoms with Gasteiger partial charge in [0.25, 0.3) is 0 Å². The molecule has 2 aromatic rings. The molecule has 1 aromatic heterocycles. The lowest BCUT2D eigenvalue weighted by Crippen LogP contribution is -1.85. The van der Waals surface area contributed by atoms with Crippen LogP contribution in [-0.2, 0) is 11.5 Å². The van der Waals surface area contributed by atoms with E-state index in [1.165, 1.54) is 5.56 Å². The molecular weight excluding hydrogens is 242 g/mol. The third-order valence-electron chi connectivity index (χ3n) is 2.75. The van der Waals surface area contributed by atoms with Crippen molar-refractivity contribution >= 4 is 11.8 Å². The maximum Gasteiger partial charge on any atom is 0.197 e. The number of rotatable bonds is 5. The molecule has 0 aliphatic heterocycles. The smallest absolute Gasteiger partial charge is 0.197 e. The highest BCUT2D eigenvalue weighted by Gasteiger charge is 2.12. The van der Waals surface area contributed by atoms with Crippen LogP contribution in [0, 0.1) is 6.92 Å². The molecule has 0 aliphatic rings. The molecule has 1 aromatic carbocycles. The van der Waals surface area contributed by atoms with E-state index >= 15 is 0 Å². The second-order valence-electron chi connectivity index (χ2n) is 4.69. The van der Waals surface area contributed by atoms with Gasteiger partial charge in [-0.25, -0.2) is 4.98 Å². The Morgan fingerprint density at radius 1 is 1.17 bits per heavy atom. The molecule has 2 nitrogen and oxygen atoms in total. The van der Waals surface area contributed by atoms with Crippen LogP contribution in [0.25, 0.3) is 0 Å². The zero-order chi connectivity index (χ0) is 13.0. The van der Waals surface area contributed by atoms with E-state index in [2.05, 4.69) is 43.1 Å². The van der Waals surface area contributed by atoms with Crippen LogP contribution in [0.15, 0.2) is 34.7 Å². The summed E-state index contributed by atoms with van der Waals surface area (Å²) >= 11 is 1.86. The van der Waals surface area contributed by atoms with Crippen molar-refractivity contribution in [3.8, 4) is 0 Å². The van der Waals surface area contributed by atoms with E-state index in [9.17, 15) is 0 Å². The molecule has 0 fully saturated rings. The van der Waals surface area contributed by atoms with Crippen LogP contribution in [0.5, 0.6) is 0 Å². The predicted octanol–water partition coefficient (Wildman–Crippen LogP) is 4.54. The zero-order valence-corrected chi connectivity index (χ0v) is 12.0. The highest BCUT2D eigenvalue weighted by atomic mass is 32.2. The lowest BCUT2D eigenvalue weighted by Gasteiger charge is -2.00. The SMILES string of the molecule is Cc1nc(C(C)C)oc1CSCc1ccccc1. The molecule has 0 aliphatic carbocycles. The molecule has 0 saturated carbocycles. The Balaban J connectivity index is 1.90. The second-order valence-corrected chi connectivity index (χ2v) is 5.68. The van der Waals surface area contributed by atoms with Gasteiger partial charge in [0.15, 0.2) is 5.89 Å². The van der Waals surface area contributed by atoms with Gasteiger partial charge in [0.1, 0.15) is 5.76 Å². The van der Waals surface area contributed by atoms with E-state index in [0.717, 1.165) is 28.9 Å². The summed E-state index contributed by atoms with van der Waals surface area (Å²) in [6.45, 7) is 6.23. The zero-order valence-electron chi connectivity index (χ0n) is 11.1. The van der Waals surface area contributed by atoms with Gasteiger partial charge < -0.3 is 4.42 Å². The van der Waals surface area contributed by atoms with Crippen LogP contribution in [0.2, 0.25) is 0 Å². The Hall–Kier alpha value is -1.22. The highest BCUT2D eigenvalue weighted by Crippen LogP contribution is 2.23. The first-order chi connectivity index (χ1) is 8.66. The van der Waals surface area contributed by atoms with E-state index in [1.54, 1.807) is 0 Å². The first-order valence-corrected chi connectivity index (χ1v) is 7.40. The van der Waals surface area contributed by atoms with Crippen LogP contribution in [0.3, 0.4) is 0 Å². The number of nitrogens with zero attached hydrogens (tertiary/aromatic N) is 1. The summed E-state index contributed by atoms with van der Waals surface area (Å²) in [7, 11) is 0. The largest absolute Gasteiger partial charge is 0.444 e. The van der Waals surface area contributed by atoms with E-state index in [4.69, 9.17) is 4.42 Å². The van der Waals surface area contributed by atoms with Crippen LogP contribution in [0.1, 0.15) is 42.7 Å². The van der Waals surface area contributed by atoms with Gasteiger partial charge in [-0.1, -0.05) is 44.2 Å². The molecule has 0 atom stereocenters. The summed E-state index contributed by atoms with van der Waals surface area (Å²) in [5.41, 5.74) is 2.38. The van der Waals surface area contributed by atoms with Gasteiger partial charge in [0.2, 0.25) is 0 Å². The van der Waals surface area contributed by atoms with Gasteiger partial charge in [-0.2, -0.15) is 0 Å². The summed E-state index contributed by atoms with van der Waals surface area (Å²) in [6, 6.07) is 10.5. The molecule has 0 saturated heterocycles. The topological polar surface area (TPSA) is 26.0 Å². The van der Waals surface area contributed by atoms with Crippen molar-refractivity contribution in [2.75, 3.05) is 0 Å². The maximum absolute atomic E-state index is 5.78. The lowest BCUT2D eigenvalue weighted by atomic mass is 10.2. The molecule has 1 heterocycles. The molecular formula is C15H19NOS. The molecule has 0 radical (unpaired) electrons. The van der Waals surface area contributed by atoms with Gasteiger partial charge in [-0.15, -0.1) is 11.8 Å².